The zero-order valence-corrected chi connectivity index (χ0v) is 31.2. The second-order valence-electron chi connectivity index (χ2n) is 18.2. The largest absolute Gasteiger partial charge is 0.394 e. The standard InChI is InChI=1S/C41H58O12/c1-19-11-24-5-7-28-20(2)12-26(46-28)9-10-40-17-33-34-38-35(41(34,51-33)53-40)39(52-40)37-29(50-38)8-6-25(48-37)13-22(43)14-27-31(16-30(47-24)21(19)3)49-32(36(27)45-4)15-23(44)18-42/h19,23-39,42,44H,2-3,5-18H2,1,4H3/t19-,23+,24+,25-,26+,27?,28+,29?,30-,31?,32-,33+,34-,35-,36-,37+,38+,39-,40?,41?/m1/s1. The van der Waals surface area contributed by atoms with Crippen LogP contribution in [-0.4, -0.2) is 127 Å². The zero-order valence-electron chi connectivity index (χ0n) is 31.2. The van der Waals surface area contributed by atoms with Crippen LogP contribution in [0.1, 0.15) is 90.4 Å². The summed E-state index contributed by atoms with van der Waals surface area (Å²) in [5.41, 5.74) is 2.18. The minimum Gasteiger partial charge on any atom is -0.394 e. The number of aliphatic hydroxyl groups is 2. The molecule has 2 spiro atoms. The minimum atomic E-state index is -0.949. The lowest BCUT2D eigenvalue weighted by Crippen LogP contribution is -2.93. The van der Waals surface area contributed by atoms with Crippen LogP contribution in [-0.2, 0) is 47.4 Å². The smallest absolute Gasteiger partial charge is 0.187 e. The molecule has 53 heavy (non-hydrogen) atoms. The maximum absolute atomic E-state index is 14.1. The molecule has 0 radical (unpaired) electrons. The first kappa shape index (κ1) is 36.1. The third-order valence-corrected chi connectivity index (χ3v) is 15.0. The summed E-state index contributed by atoms with van der Waals surface area (Å²) in [5.74, 6) is -1.14. The summed E-state index contributed by atoms with van der Waals surface area (Å²) < 4.78 is 60.1. The van der Waals surface area contributed by atoms with Crippen LogP contribution in [0.5, 0.6) is 0 Å². The van der Waals surface area contributed by atoms with E-state index >= 15 is 0 Å². The van der Waals surface area contributed by atoms with E-state index in [-0.39, 0.29) is 122 Å². The lowest BCUT2D eigenvalue weighted by molar-refractivity contribution is -0.620. The molecule has 11 aliphatic rings. The van der Waals surface area contributed by atoms with Crippen molar-refractivity contribution in [1.82, 2.24) is 0 Å². The van der Waals surface area contributed by atoms with Gasteiger partial charge < -0.3 is 52.8 Å². The van der Waals surface area contributed by atoms with Crippen LogP contribution in [0.4, 0.5) is 0 Å². The van der Waals surface area contributed by atoms with Gasteiger partial charge in [-0.25, -0.2) is 0 Å². The van der Waals surface area contributed by atoms with Gasteiger partial charge in [-0.1, -0.05) is 20.1 Å². The highest BCUT2D eigenvalue weighted by molar-refractivity contribution is 5.79. The van der Waals surface area contributed by atoms with Gasteiger partial charge in [-0.05, 0) is 62.0 Å². The normalized spacial score (nSPS) is 55.0. The molecule has 12 nitrogen and oxygen atoms in total. The first-order valence-electron chi connectivity index (χ1n) is 20.6. The van der Waals surface area contributed by atoms with E-state index in [0.29, 0.717) is 19.3 Å². The quantitative estimate of drug-likeness (QED) is 0.407. The van der Waals surface area contributed by atoms with Gasteiger partial charge in [0.2, 0.25) is 0 Å². The van der Waals surface area contributed by atoms with Gasteiger partial charge in [0.25, 0.3) is 0 Å². The van der Waals surface area contributed by atoms with Gasteiger partial charge in [-0.15, -0.1) is 0 Å². The van der Waals surface area contributed by atoms with Gasteiger partial charge in [0.05, 0.1) is 91.7 Å². The van der Waals surface area contributed by atoms with Crippen molar-refractivity contribution in [2.45, 2.75) is 187 Å². The van der Waals surface area contributed by atoms with Gasteiger partial charge in [-0.2, -0.15) is 0 Å². The lowest BCUT2D eigenvalue weighted by Gasteiger charge is -2.80. The van der Waals surface area contributed by atoms with Crippen LogP contribution in [0.3, 0.4) is 0 Å². The summed E-state index contributed by atoms with van der Waals surface area (Å²) in [6.07, 6.45) is 5.26. The summed E-state index contributed by atoms with van der Waals surface area (Å²) in [5, 5.41) is 20.1. The average Bonchev–Trinajstić information content (AvgIpc) is 3.64. The Bertz CT molecular complexity index is 1470. The molecule has 5 unspecified atom stereocenters. The predicted octanol–water partition coefficient (Wildman–Crippen LogP) is 3.68. The van der Waals surface area contributed by atoms with Crippen molar-refractivity contribution < 1.29 is 57.6 Å². The molecule has 11 fully saturated rings. The maximum Gasteiger partial charge on any atom is 0.187 e. The Morgan fingerprint density at radius 1 is 0.830 bits per heavy atom. The van der Waals surface area contributed by atoms with E-state index in [0.717, 1.165) is 56.1 Å². The third kappa shape index (κ3) is 5.83. The number of fused-ring (bicyclic) bond motifs is 6. The zero-order chi connectivity index (χ0) is 36.4. The minimum absolute atomic E-state index is 0.0209. The van der Waals surface area contributed by atoms with Crippen LogP contribution >= 0.6 is 0 Å². The topological polar surface area (TPSA) is 141 Å². The molecule has 10 heterocycles. The molecule has 294 valence electrons. The van der Waals surface area contributed by atoms with E-state index in [1.165, 1.54) is 0 Å². The van der Waals surface area contributed by atoms with Gasteiger partial charge in [0.15, 0.2) is 11.6 Å². The maximum atomic E-state index is 14.1. The second-order valence-corrected chi connectivity index (χ2v) is 18.2. The highest BCUT2D eigenvalue weighted by Gasteiger charge is 2.86. The lowest BCUT2D eigenvalue weighted by atomic mass is 9.51. The van der Waals surface area contributed by atoms with E-state index in [1.807, 2.05) is 0 Å². The third-order valence-electron chi connectivity index (χ3n) is 15.0. The number of ether oxygens (including phenoxy) is 9. The van der Waals surface area contributed by atoms with Crippen LogP contribution in [0.2, 0.25) is 0 Å². The van der Waals surface area contributed by atoms with Crippen molar-refractivity contribution in [3.05, 3.63) is 24.3 Å². The summed E-state index contributed by atoms with van der Waals surface area (Å²) in [7, 11) is 1.63. The number of carbonyl (C=O) groups is 1. The van der Waals surface area contributed by atoms with Gasteiger partial charge >= 0.3 is 0 Å². The highest BCUT2D eigenvalue weighted by Crippen LogP contribution is 2.72. The Morgan fingerprint density at radius 2 is 1.64 bits per heavy atom. The molecule has 0 aromatic carbocycles. The number of ketones is 1. The molecular weight excluding hydrogens is 684 g/mol. The monoisotopic (exact) mass is 742 g/mol. The SMILES string of the molecule is C=C1C[C@@H]2CCC34C[C@@H]5OC6(O3)[C@@H]3[C@@H](OC7CC[C@H](CC(=O)CC8C(C[C@H]9O[C@@H](CC[C@@H]1O2)C[C@@H](C)C9=C)O[C@H](C[C@H](O)CO)[C@@H]8OC)O[C@@H]7[C@@H]3O4)[C@@H]56. The van der Waals surface area contributed by atoms with Crippen LogP contribution in [0, 0.1) is 23.7 Å². The number of rotatable bonds is 4. The molecule has 10 aliphatic heterocycles. The van der Waals surface area contributed by atoms with Crippen molar-refractivity contribution in [2.24, 2.45) is 23.7 Å². The van der Waals surface area contributed by atoms with Crippen molar-refractivity contribution in [1.29, 1.82) is 0 Å². The summed E-state index contributed by atoms with van der Waals surface area (Å²) in [4.78, 5) is 14.1. The summed E-state index contributed by atoms with van der Waals surface area (Å²) in [6, 6.07) is 0. The van der Waals surface area contributed by atoms with Crippen LogP contribution in [0.15, 0.2) is 24.3 Å². The molecule has 0 amide bonds. The number of methoxy groups -OCH3 is 1. The fourth-order valence-electron chi connectivity index (χ4n) is 12.4. The Balaban J connectivity index is 0.935. The second kappa shape index (κ2) is 13.4. The van der Waals surface area contributed by atoms with Gasteiger partial charge in [0, 0.05) is 51.6 Å². The summed E-state index contributed by atoms with van der Waals surface area (Å²) in [6.45, 7) is 10.7. The predicted molar refractivity (Wildman–Crippen MR) is 186 cm³/mol. The molecule has 11 rings (SSSR count). The molecule has 1 aliphatic carbocycles. The molecule has 20 atom stereocenters. The molecule has 2 N–H and O–H groups in total. The van der Waals surface area contributed by atoms with E-state index in [4.69, 9.17) is 42.6 Å². The van der Waals surface area contributed by atoms with E-state index in [9.17, 15) is 15.0 Å². The molecule has 1 saturated carbocycles. The fraction of sp³-hybridized carbons (Fsp3) is 0.878. The molecule has 0 aromatic heterocycles. The molecule has 10 saturated heterocycles. The summed E-state index contributed by atoms with van der Waals surface area (Å²) >= 11 is 0. The van der Waals surface area contributed by atoms with Gasteiger partial charge in [0.1, 0.15) is 18.0 Å². The van der Waals surface area contributed by atoms with Crippen molar-refractivity contribution in [3.63, 3.8) is 0 Å². The van der Waals surface area contributed by atoms with Gasteiger partial charge in [-0.3, -0.25) is 4.79 Å². The van der Waals surface area contributed by atoms with Crippen molar-refractivity contribution in [2.75, 3.05) is 13.7 Å². The van der Waals surface area contributed by atoms with E-state index in [2.05, 4.69) is 20.1 Å². The number of hydrogen-bond acceptors (Lipinski definition) is 12. The first-order valence-corrected chi connectivity index (χ1v) is 20.6. The number of hydrogen-bond donors (Lipinski definition) is 2. The average molecular weight is 743 g/mol. The van der Waals surface area contributed by atoms with Crippen molar-refractivity contribution in [3.8, 4) is 0 Å². The Labute approximate surface area is 312 Å². The fourth-order valence-corrected chi connectivity index (χ4v) is 12.4. The van der Waals surface area contributed by atoms with E-state index in [1.54, 1.807) is 7.11 Å². The van der Waals surface area contributed by atoms with Crippen LogP contribution in [0.25, 0.3) is 0 Å². The molecular formula is C41H58O12. The van der Waals surface area contributed by atoms with E-state index < -0.39 is 29.9 Å². The first-order chi connectivity index (χ1) is 25.6. The Kier molecular flexibility index (Phi) is 9.12. The Hall–Kier alpha value is -1.29. The number of Topliss-reactive ketones (excluding diaryl/α,β-unsaturated/α-hetero) is 1. The molecule has 0 aromatic rings. The van der Waals surface area contributed by atoms with Crippen molar-refractivity contribution >= 4 is 5.78 Å². The Morgan fingerprint density at radius 3 is 2.47 bits per heavy atom. The number of carbonyl (C=O) groups excluding carboxylic acids is 1. The highest BCUT2D eigenvalue weighted by atomic mass is 16.8. The molecule has 10 bridgehead atoms. The number of aliphatic hydroxyl groups excluding tert-OH is 2. The van der Waals surface area contributed by atoms with Crippen LogP contribution < -0.4 is 0 Å². The molecule has 12 heteroatoms.